The SMILES string of the molecule is CCn1c2ccccc2c2cc(/C=C(\NC(C)=O)C(=O)O)ccc21. The minimum atomic E-state index is -1.17. The molecule has 0 saturated carbocycles. The second-order valence-corrected chi connectivity index (χ2v) is 5.58. The summed E-state index contributed by atoms with van der Waals surface area (Å²) >= 11 is 0. The summed E-state index contributed by atoms with van der Waals surface area (Å²) in [5, 5.41) is 13.8. The van der Waals surface area contributed by atoms with E-state index in [1.54, 1.807) is 0 Å². The highest BCUT2D eigenvalue weighted by Crippen LogP contribution is 2.30. The quantitative estimate of drug-likeness (QED) is 0.723. The van der Waals surface area contributed by atoms with Gasteiger partial charge >= 0.3 is 5.97 Å². The first kappa shape index (κ1) is 15.8. The average Bonchev–Trinajstić information content (AvgIpc) is 2.87. The van der Waals surface area contributed by atoms with E-state index in [1.807, 2.05) is 30.3 Å². The van der Waals surface area contributed by atoms with Gasteiger partial charge in [0.15, 0.2) is 0 Å². The highest BCUT2D eigenvalue weighted by atomic mass is 16.4. The molecule has 5 nitrogen and oxygen atoms in total. The Labute approximate surface area is 139 Å². The Morgan fingerprint density at radius 2 is 1.83 bits per heavy atom. The zero-order chi connectivity index (χ0) is 17.3. The third-order valence-electron chi connectivity index (χ3n) is 3.96. The molecule has 5 heteroatoms. The Hall–Kier alpha value is -3.08. The van der Waals surface area contributed by atoms with Crippen LogP contribution in [0.4, 0.5) is 0 Å². The zero-order valence-electron chi connectivity index (χ0n) is 13.5. The molecule has 1 heterocycles. The van der Waals surface area contributed by atoms with Gasteiger partial charge in [-0.1, -0.05) is 24.3 Å². The van der Waals surface area contributed by atoms with E-state index in [4.69, 9.17) is 0 Å². The van der Waals surface area contributed by atoms with E-state index in [0.717, 1.165) is 33.9 Å². The molecule has 0 aliphatic rings. The van der Waals surface area contributed by atoms with Crippen LogP contribution in [-0.4, -0.2) is 21.6 Å². The highest BCUT2D eigenvalue weighted by Gasteiger charge is 2.12. The number of aryl methyl sites for hydroxylation is 1. The molecule has 0 unspecified atom stereocenters. The number of hydrogen-bond donors (Lipinski definition) is 2. The number of fused-ring (bicyclic) bond motifs is 3. The average molecular weight is 322 g/mol. The predicted octanol–water partition coefficient (Wildman–Crippen LogP) is 3.38. The van der Waals surface area contributed by atoms with E-state index in [2.05, 4.69) is 28.9 Å². The fraction of sp³-hybridized carbons (Fsp3) is 0.158. The van der Waals surface area contributed by atoms with Crippen molar-refractivity contribution in [1.82, 2.24) is 9.88 Å². The summed E-state index contributed by atoms with van der Waals surface area (Å²) in [6.45, 7) is 4.24. The summed E-state index contributed by atoms with van der Waals surface area (Å²) < 4.78 is 2.23. The zero-order valence-corrected chi connectivity index (χ0v) is 13.5. The van der Waals surface area contributed by atoms with Crippen molar-refractivity contribution in [3.8, 4) is 0 Å². The Kier molecular flexibility index (Phi) is 4.08. The van der Waals surface area contributed by atoms with Crippen molar-refractivity contribution in [2.45, 2.75) is 20.4 Å². The number of aliphatic carboxylic acids is 1. The van der Waals surface area contributed by atoms with Gasteiger partial charge in [-0.2, -0.15) is 0 Å². The molecular weight excluding hydrogens is 304 g/mol. The van der Waals surface area contributed by atoms with Crippen molar-refractivity contribution in [3.63, 3.8) is 0 Å². The largest absolute Gasteiger partial charge is 0.477 e. The van der Waals surface area contributed by atoms with Gasteiger partial charge in [0, 0.05) is 35.3 Å². The third kappa shape index (κ3) is 2.76. The topological polar surface area (TPSA) is 71.3 Å². The molecule has 0 radical (unpaired) electrons. The molecular formula is C19H18N2O3. The lowest BCUT2D eigenvalue weighted by Gasteiger charge is -2.04. The monoisotopic (exact) mass is 322 g/mol. The molecule has 0 bridgehead atoms. The van der Waals surface area contributed by atoms with Gasteiger partial charge in [0.25, 0.3) is 0 Å². The molecule has 122 valence electrons. The lowest BCUT2D eigenvalue weighted by molar-refractivity contribution is -0.134. The van der Waals surface area contributed by atoms with Crippen LogP contribution in [0.2, 0.25) is 0 Å². The predicted molar refractivity (Wildman–Crippen MR) is 94.5 cm³/mol. The summed E-state index contributed by atoms with van der Waals surface area (Å²) in [4.78, 5) is 22.4. The molecule has 2 aromatic carbocycles. The number of amides is 1. The van der Waals surface area contributed by atoms with Gasteiger partial charge < -0.3 is 15.0 Å². The second kappa shape index (κ2) is 6.20. The lowest BCUT2D eigenvalue weighted by atomic mass is 10.1. The molecule has 2 N–H and O–H groups in total. The van der Waals surface area contributed by atoms with Crippen molar-refractivity contribution in [2.75, 3.05) is 0 Å². The van der Waals surface area contributed by atoms with Crippen molar-refractivity contribution in [1.29, 1.82) is 0 Å². The molecule has 24 heavy (non-hydrogen) atoms. The lowest BCUT2D eigenvalue weighted by Crippen LogP contribution is -2.24. The Bertz CT molecular complexity index is 983. The Morgan fingerprint density at radius 1 is 1.12 bits per heavy atom. The summed E-state index contributed by atoms with van der Waals surface area (Å²) in [7, 11) is 0. The summed E-state index contributed by atoms with van der Waals surface area (Å²) in [6.07, 6.45) is 1.47. The van der Waals surface area contributed by atoms with E-state index in [9.17, 15) is 14.7 Å². The van der Waals surface area contributed by atoms with Gasteiger partial charge in [0.2, 0.25) is 5.91 Å². The maximum atomic E-state index is 11.3. The molecule has 3 rings (SSSR count). The van der Waals surface area contributed by atoms with Gasteiger partial charge in [-0.05, 0) is 36.8 Å². The Morgan fingerprint density at radius 3 is 2.50 bits per heavy atom. The van der Waals surface area contributed by atoms with Crippen LogP contribution < -0.4 is 5.32 Å². The first-order valence-electron chi connectivity index (χ1n) is 7.75. The molecule has 3 aromatic rings. The molecule has 0 aliphatic heterocycles. The molecule has 1 aromatic heterocycles. The van der Waals surface area contributed by atoms with Crippen LogP contribution in [0.15, 0.2) is 48.2 Å². The second-order valence-electron chi connectivity index (χ2n) is 5.58. The number of carboxylic acids is 1. The van der Waals surface area contributed by atoms with Crippen molar-refractivity contribution >= 4 is 39.8 Å². The van der Waals surface area contributed by atoms with Gasteiger partial charge in [-0.3, -0.25) is 4.79 Å². The van der Waals surface area contributed by atoms with Crippen LogP contribution in [0.3, 0.4) is 0 Å². The maximum Gasteiger partial charge on any atom is 0.352 e. The molecule has 0 fully saturated rings. The fourth-order valence-corrected chi connectivity index (χ4v) is 3.01. The van der Waals surface area contributed by atoms with Crippen LogP contribution >= 0.6 is 0 Å². The van der Waals surface area contributed by atoms with Gasteiger partial charge in [0.05, 0.1) is 0 Å². The third-order valence-corrected chi connectivity index (χ3v) is 3.96. The number of nitrogens with one attached hydrogen (secondary N) is 1. The van der Waals surface area contributed by atoms with E-state index in [1.165, 1.54) is 13.0 Å². The van der Waals surface area contributed by atoms with Crippen molar-refractivity contribution < 1.29 is 14.7 Å². The van der Waals surface area contributed by atoms with Crippen LogP contribution in [0, 0.1) is 0 Å². The number of para-hydroxylation sites is 1. The molecule has 0 aliphatic carbocycles. The van der Waals surface area contributed by atoms with Gasteiger partial charge in [-0.15, -0.1) is 0 Å². The summed E-state index contributed by atoms with van der Waals surface area (Å²) in [5.41, 5.74) is 2.84. The number of rotatable bonds is 4. The number of carboxylic acid groups (broad SMARTS) is 1. The molecule has 1 amide bonds. The standard InChI is InChI=1S/C19H18N2O3/c1-3-21-17-7-5-4-6-14(17)15-10-13(8-9-18(15)21)11-16(19(23)24)20-12(2)22/h4-11H,3H2,1-2H3,(H,20,22)(H,23,24)/b16-11-. The number of carbonyl (C=O) groups excluding carboxylic acids is 1. The smallest absolute Gasteiger partial charge is 0.352 e. The van der Waals surface area contributed by atoms with Crippen molar-refractivity contribution in [3.05, 3.63) is 53.7 Å². The minimum absolute atomic E-state index is 0.138. The summed E-state index contributed by atoms with van der Waals surface area (Å²) in [6, 6.07) is 13.9. The van der Waals surface area contributed by atoms with E-state index in [0.29, 0.717) is 0 Å². The van der Waals surface area contributed by atoms with E-state index < -0.39 is 11.9 Å². The number of carbonyl (C=O) groups is 2. The first-order valence-corrected chi connectivity index (χ1v) is 7.75. The normalized spacial score (nSPS) is 11.8. The number of nitrogens with zero attached hydrogens (tertiary/aromatic N) is 1. The van der Waals surface area contributed by atoms with Gasteiger partial charge in [-0.25, -0.2) is 4.79 Å². The molecule has 0 spiro atoms. The van der Waals surface area contributed by atoms with Gasteiger partial charge in [0.1, 0.15) is 5.70 Å². The van der Waals surface area contributed by atoms with Crippen LogP contribution in [-0.2, 0) is 16.1 Å². The number of benzene rings is 2. The molecule has 0 atom stereocenters. The van der Waals surface area contributed by atoms with E-state index >= 15 is 0 Å². The Balaban J connectivity index is 2.20. The highest BCUT2D eigenvalue weighted by molar-refractivity contribution is 6.09. The first-order chi connectivity index (χ1) is 11.5. The maximum absolute atomic E-state index is 11.3. The summed E-state index contributed by atoms with van der Waals surface area (Å²) in [5.74, 6) is -1.58. The number of aromatic nitrogens is 1. The van der Waals surface area contributed by atoms with Crippen LogP contribution in [0.25, 0.3) is 27.9 Å². The van der Waals surface area contributed by atoms with Crippen LogP contribution in [0.1, 0.15) is 19.4 Å². The fourth-order valence-electron chi connectivity index (χ4n) is 3.01. The number of hydrogen-bond acceptors (Lipinski definition) is 2. The minimum Gasteiger partial charge on any atom is -0.477 e. The molecule has 0 saturated heterocycles. The van der Waals surface area contributed by atoms with Crippen LogP contribution in [0.5, 0.6) is 0 Å². The van der Waals surface area contributed by atoms with E-state index in [-0.39, 0.29) is 5.70 Å². The van der Waals surface area contributed by atoms with Crippen molar-refractivity contribution in [2.24, 2.45) is 0 Å².